The second-order valence-electron chi connectivity index (χ2n) is 6.25. The summed E-state index contributed by atoms with van der Waals surface area (Å²) in [6.45, 7) is 1.12. The number of halogens is 1. The minimum absolute atomic E-state index is 0.0142. The number of likely N-dealkylation sites (tertiary alicyclic amines) is 1. The summed E-state index contributed by atoms with van der Waals surface area (Å²) in [4.78, 5) is 26.8. The zero-order valence-electron chi connectivity index (χ0n) is 14.0. The van der Waals surface area contributed by atoms with Crippen LogP contribution in [0.25, 0.3) is 0 Å². The van der Waals surface area contributed by atoms with Gasteiger partial charge in [0.2, 0.25) is 11.8 Å². The quantitative estimate of drug-likeness (QED) is 0.894. The molecule has 0 aromatic heterocycles. The lowest BCUT2D eigenvalue weighted by Gasteiger charge is -2.24. The summed E-state index contributed by atoms with van der Waals surface area (Å²) in [6.07, 6.45) is 1.86. The third-order valence-electron chi connectivity index (χ3n) is 4.45. The van der Waals surface area contributed by atoms with Gasteiger partial charge in [0.25, 0.3) is 0 Å². The summed E-state index contributed by atoms with van der Waals surface area (Å²) in [7, 11) is 0. The van der Waals surface area contributed by atoms with E-state index in [9.17, 15) is 9.59 Å². The molecule has 2 aromatic rings. The number of nitrogens with zero attached hydrogens (tertiary/aromatic N) is 1. The van der Waals surface area contributed by atoms with Crippen LogP contribution in [0.5, 0.6) is 0 Å². The van der Waals surface area contributed by atoms with Crippen molar-refractivity contribution in [3.8, 4) is 0 Å². The Morgan fingerprint density at radius 1 is 1.04 bits per heavy atom. The minimum Gasteiger partial charge on any atom is -0.350 e. The van der Waals surface area contributed by atoms with E-state index in [1.54, 1.807) is 17.0 Å². The Labute approximate surface area is 152 Å². The zero-order chi connectivity index (χ0) is 17.6. The maximum Gasteiger partial charge on any atom is 0.243 e. The summed E-state index contributed by atoms with van der Waals surface area (Å²) in [6, 6.07) is 16.6. The number of amides is 2. The molecule has 1 fully saturated rings. The van der Waals surface area contributed by atoms with Crippen molar-refractivity contribution < 1.29 is 9.59 Å². The lowest BCUT2D eigenvalue weighted by molar-refractivity contribution is -0.138. The van der Waals surface area contributed by atoms with Crippen LogP contribution >= 0.6 is 11.6 Å². The monoisotopic (exact) mass is 356 g/mol. The number of hydrogen-bond acceptors (Lipinski definition) is 2. The SMILES string of the molecule is O=C(NCc1ccccc1)[C@@H]1CCCN1C(=O)Cc1ccc(Cl)cc1. The van der Waals surface area contributed by atoms with Gasteiger partial charge in [-0.15, -0.1) is 0 Å². The summed E-state index contributed by atoms with van der Waals surface area (Å²) >= 11 is 5.88. The third-order valence-corrected chi connectivity index (χ3v) is 4.71. The molecule has 0 radical (unpaired) electrons. The first-order valence-electron chi connectivity index (χ1n) is 8.49. The summed E-state index contributed by atoms with van der Waals surface area (Å²) in [5, 5.41) is 3.60. The number of benzene rings is 2. The molecule has 130 valence electrons. The molecule has 25 heavy (non-hydrogen) atoms. The topological polar surface area (TPSA) is 49.4 Å². The van der Waals surface area contributed by atoms with E-state index >= 15 is 0 Å². The second-order valence-corrected chi connectivity index (χ2v) is 6.69. The van der Waals surface area contributed by atoms with E-state index in [1.807, 2.05) is 42.5 Å². The molecule has 1 atom stereocenters. The lowest BCUT2D eigenvalue weighted by atomic mass is 10.1. The van der Waals surface area contributed by atoms with Crippen LogP contribution in [0.1, 0.15) is 24.0 Å². The predicted octanol–water partition coefficient (Wildman–Crippen LogP) is 3.19. The fraction of sp³-hybridized carbons (Fsp3) is 0.300. The highest BCUT2D eigenvalue weighted by Crippen LogP contribution is 2.20. The van der Waals surface area contributed by atoms with Crippen molar-refractivity contribution in [1.29, 1.82) is 0 Å². The molecule has 3 rings (SSSR count). The maximum absolute atomic E-state index is 12.6. The maximum atomic E-state index is 12.6. The Balaban J connectivity index is 1.58. The normalized spacial score (nSPS) is 16.7. The van der Waals surface area contributed by atoms with E-state index in [2.05, 4.69) is 5.32 Å². The van der Waals surface area contributed by atoms with Gasteiger partial charge in [-0.1, -0.05) is 54.1 Å². The molecule has 2 amide bonds. The van der Waals surface area contributed by atoms with E-state index in [0.29, 0.717) is 31.0 Å². The molecule has 1 aliphatic rings. The van der Waals surface area contributed by atoms with Gasteiger partial charge in [0.05, 0.1) is 6.42 Å². The standard InChI is InChI=1S/C20H21ClN2O2/c21-17-10-8-15(9-11-17)13-19(24)23-12-4-7-18(23)20(25)22-14-16-5-2-1-3-6-16/h1-3,5-6,8-11,18H,4,7,12-14H2,(H,22,25)/t18-/m0/s1. The molecule has 4 nitrogen and oxygen atoms in total. The minimum atomic E-state index is -0.372. The molecular formula is C20H21ClN2O2. The number of carbonyl (C=O) groups is 2. The summed E-state index contributed by atoms with van der Waals surface area (Å²) in [5.74, 6) is -0.0921. The van der Waals surface area contributed by atoms with E-state index in [1.165, 1.54) is 0 Å². The average molecular weight is 357 g/mol. The van der Waals surface area contributed by atoms with Gasteiger partial charge in [0.15, 0.2) is 0 Å². The highest BCUT2D eigenvalue weighted by Gasteiger charge is 2.33. The van der Waals surface area contributed by atoms with Crippen LogP contribution in [0.15, 0.2) is 54.6 Å². The van der Waals surface area contributed by atoms with Gasteiger partial charge in [-0.25, -0.2) is 0 Å². The van der Waals surface area contributed by atoms with Gasteiger partial charge >= 0.3 is 0 Å². The first-order valence-corrected chi connectivity index (χ1v) is 8.87. The van der Waals surface area contributed by atoms with Crippen LogP contribution in [-0.4, -0.2) is 29.3 Å². The van der Waals surface area contributed by atoms with E-state index in [-0.39, 0.29) is 17.9 Å². The molecule has 1 N–H and O–H groups in total. The van der Waals surface area contributed by atoms with Crippen LogP contribution in [-0.2, 0) is 22.6 Å². The zero-order valence-corrected chi connectivity index (χ0v) is 14.7. The van der Waals surface area contributed by atoms with Crippen molar-refractivity contribution in [2.75, 3.05) is 6.54 Å². The number of nitrogens with one attached hydrogen (secondary N) is 1. The number of rotatable bonds is 5. The average Bonchev–Trinajstić information content (AvgIpc) is 3.12. The second kappa shape index (κ2) is 8.17. The molecule has 0 unspecified atom stereocenters. The third kappa shape index (κ3) is 4.60. The van der Waals surface area contributed by atoms with Crippen molar-refractivity contribution in [1.82, 2.24) is 10.2 Å². The fourth-order valence-electron chi connectivity index (χ4n) is 3.12. The molecule has 0 spiro atoms. The molecule has 1 saturated heterocycles. The fourth-order valence-corrected chi connectivity index (χ4v) is 3.25. The van der Waals surface area contributed by atoms with Gasteiger partial charge in [0.1, 0.15) is 6.04 Å². The van der Waals surface area contributed by atoms with Gasteiger partial charge in [-0.05, 0) is 36.1 Å². The Morgan fingerprint density at radius 2 is 1.76 bits per heavy atom. The van der Waals surface area contributed by atoms with Crippen molar-refractivity contribution in [2.24, 2.45) is 0 Å². The van der Waals surface area contributed by atoms with Crippen LogP contribution in [0.3, 0.4) is 0 Å². The van der Waals surface area contributed by atoms with Crippen molar-refractivity contribution in [3.05, 3.63) is 70.7 Å². The van der Waals surface area contributed by atoms with E-state index in [4.69, 9.17) is 11.6 Å². The van der Waals surface area contributed by atoms with E-state index < -0.39 is 0 Å². The van der Waals surface area contributed by atoms with Gasteiger partial charge < -0.3 is 10.2 Å². The van der Waals surface area contributed by atoms with Gasteiger partial charge in [-0.2, -0.15) is 0 Å². The van der Waals surface area contributed by atoms with Crippen molar-refractivity contribution in [3.63, 3.8) is 0 Å². The molecule has 5 heteroatoms. The summed E-state index contributed by atoms with van der Waals surface area (Å²) in [5.41, 5.74) is 1.96. The van der Waals surface area contributed by atoms with Crippen molar-refractivity contribution >= 4 is 23.4 Å². The Hall–Kier alpha value is -2.33. The predicted molar refractivity (Wildman–Crippen MR) is 98.2 cm³/mol. The Morgan fingerprint density at radius 3 is 2.48 bits per heavy atom. The first kappa shape index (κ1) is 17.5. The van der Waals surface area contributed by atoms with Gasteiger partial charge in [0, 0.05) is 18.1 Å². The molecule has 0 bridgehead atoms. The number of carbonyl (C=O) groups excluding carboxylic acids is 2. The van der Waals surface area contributed by atoms with Crippen molar-refractivity contribution in [2.45, 2.75) is 31.8 Å². The largest absolute Gasteiger partial charge is 0.350 e. The molecule has 1 aliphatic heterocycles. The lowest BCUT2D eigenvalue weighted by Crippen LogP contribution is -2.46. The van der Waals surface area contributed by atoms with Crippen LogP contribution < -0.4 is 5.32 Å². The van der Waals surface area contributed by atoms with Crippen LogP contribution in [0.4, 0.5) is 0 Å². The van der Waals surface area contributed by atoms with Gasteiger partial charge in [-0.3, -0.25) is 9.59 Å². The molecule has 1 heterocycles. The summed E-state index contributed by atoms with van der Waals surface area (Å²) < 4.78 is 0. The molecule has 0 saturated carbocycles. The highest BCUT2D eigenvalue weighted by atomic mass is 35.5. The Kier molecular flexibility index (Phi) is 5.71. The van der Waals surface area contributed by atoms with E-state index in [0.717, 1.165) is 17.5 Å². The number of hydrogen-bond donors (Lipinski definition) is 1. The smallest absolute Gasteiger partial charge is 0.243 e. The highest BCUT2D eigenvalue weighted by molar-refractivity contribution is 6.30. The van der Waals surface area contributed by atoms with Crippen LogP contribution in [0, 0.1) is 0 Å². The first-order chi connectivity index (χ1) is 12.1. The Bertz CT molecular complexity index is 731. The molecule has 0 aliphatic carbocycles. The van der Waals surface area contributed by atoms with Crippen LogP contribution in [0.2, 0.25) is 5.02 Å². The molecule has 2 aromatic carbocycles. The molecular weight excluding hydrogens is 336 g/mol.